The molecule has 3 N–H and O–H groups in total. The summed E-state index contributed by atoms with van der Waals surface area (Å²) in [7, 11) is 0. The van der Waals surface area contributed by atoms with E-state index in [1.807, 2.05) is 0 Å². The summed E-state index contributed by atoms with van der Waals surface area (Å²) in [6.07, 6.45) is 5.03. The topological polar surface area (TPSA) is 78.4 Å². The first-order valence-electron chi connectivity index (χ1n) is 6.32. The molecule has 0 aliphatic carbocycles. The number of carbonyl (C=O) groups is 2. The van der Waals surface area contributed by atoms with Crippen molar-refractivity contribution in [2.45, 2.75) is 58.4 Å². The standard InChI is InChI=1S/C12H24N2O3/c1-3-4-5-6-9-13-12(17)14-10(2)7-8-11(15)16/h10H,3-9H2,1-2H3,(H,15,16)(H2,13,14,17). The first kappa shape index (κ1) is 15.7. The first-order chi connectivity index (χ1) is 8.06. The monoisotopic (exact) mass is 244 g/mol. The Morgan fingerprint density at radius 3 is 2.53 bits per heavy atom. The van der Waals surface area contributed by atoms with Crippen molar-refractivity contribution in [3.63, 3.8) is 0 Å². The molecule has 0 bridgehead atoms. The van der Waals surface area contributed by atoms with Crippen LogP contribution in [-0.2, 0) is 4.79 Å². The van der Waals surface area contributed by atoms with Crippen LogP contribution in [0.1, 0.15) is 52.4 Å². The Kier molecular flexibility index (Phi) is 9.19. The van der Waals surface area contributed by atoms with Gasteiger partial charge in [0.25, 0.3) is 0 Å². The van der Waals surface area contributed by atoms with Gasteiger partial charge in [0.2, 0.25) is 0 Å². The van der Waals surface area contributed by atoms with Crippen molar-refractivity contribution in [3.05, 3.63) is 0 Å². The number of hydrogen-bond donors (Lipinski definition) is 3. The normalized spacial score (nSPS) is 11.9. The number of nitrogens with one attached hydrogen (secondary N) is 2. The quantitative estimate of drug-likeness (QED) is 0.544. The second-order valence-electron chi connectivity index (χ2n) is 4.29. The van der Waals surface area contributed by atoms with Gasteiger partial charge in [-0.05, 0) is 19.8 Å². The van der Waals surface area contributed by atoms with E-state index < -0.39 is 5.97 Å². The van der Waals surface area contributed by atoms with Crippen LogP contribution >= 0.6 is 0 Å². The van der Waals surface area contributed by atoms with E-state index >= 15 is 0 Å². The van der Waals surface area contributed by atoms with Crippen LogP contribution < -0.4 is 10.6 Å². The predicted octanol–water partition coefficient (Wildman–Crippen LogP) is 2.12. The molecule has 2 amide bonds. The van der Waals surface area contributed by atoms with Crippen molar-refractivity contribution in [1.82, 2.24) is 10.6 Å². The van der Waals surface area contributed by atoms with E-state index in [2.05, 4.69) is 17.6 Å². The summed E-state index contributed by atoms with van der Waals surface area (Å²) in [6.45, 7) is 4.63. The number of aliphatic carboxylic acids is 1. The maximum absolute atomic E-state index is 11.4. The largest absolute Gasteiger partial charge is 0.481 e. The van der Waals surface area contributed by atoms with Gasteiger partial charge in [-0.2, -0.15) is 0 Å². The highest BCUT2D eigenvalue weighted by atomic mass is 16.4. The lowest BCUT2D eigenvalue weighted by atomic mass is 10.2. The van der Waals surface area contributed by atoms with Crippen LogP contribution in [0.5, 0.6) is 0 Å². The van der Waals surface area contributed by atoms with Crippen LogP contribution in [0.2, 0.25) is 0 Å². The Balaban J connectivity index is 3.47. The Labute approximate surface area is 103 Å². The van der Waals surface area contributed by atoms with Gasteiger partial charge in [0.15, 0.2) is 0 Å². The molecule has 1 atom stereocenters. The molecule has 17 heavy (non-hydrogen) atoms. The van der Waals surface area contributed by atoms with Crippen LogP contribution in [0.25, 0.3) is 0 Å². The summed E-state index contributed by atoms with van der Waals surface area (Å²) >= 11 is 0. The van der Waals surface area contributed by atoms with E-state index in [0.29, 0.717) is 13.0 Å². The van der Waals surface area contributed by atoms with E-state index in [0.717, 1.165) is 12.8 Å². The van der Waals surface area contributed by atoms with Crippen molar-refractivity contribution in [2.24, 2.45) is 0 Å². The van der Waals surface area contributed by atoms with Gasteiger partial charge in [0.1, 0.15) is 0 Å². The molecule has 0 saturated heterocycles. The number of unbranched alkanes of at least 4 members (excludes halogenated alkanes) is 3. The number of carboxylic acids is 1. The maximum Gasteiger partial charge on any atom is 0.314 e. The molecular weight excluding hydrogens is 220 g/mol. The fraction of sp³-hybridized carbons (Fsp3) is 0.833. The average Bonchev–Trinajstić information content (AvgIpc) is 2.26. The molecule has 0 radical (unpaired) electrons. The molecule has 0 aliphatic rings. The SMILES string of the molecule is CCCCCCNC(=O)NC(C)CCC(=O)O. The smallest absolute Gasteiger partial charge is 0.314 e. The van der Waals surface area contributed by atoms with Crippen molar-refractivity contribution in [2.75, 3.05) is 6.54 Å². The molecule has 0 aromatic heterocycles. The minimum absolute atomic E-state index is 0.0813. The van der Waals surface area contributed by atoms with Crippen molar-refractivity contribution < 1.29 is 14.7 Å². The summed E-state index contributed by atoms with van der Waals surface area (Å²) in [5.74, 6) is -0.835. The second kappa shape index (κ2) is 9.93. The molecule has 5 nitrogen and oxygen atoms in total. The predicted molar refractivity (Wildman–Crippen MR) is 67.0 cm³/mol. The van der Waals surface area contributed by atoms with Gasteiger partial charge in [-0.15, -0.1) is 0 Å². The van der Waals surface area contributed by atoms with Gasteiger partial charge in [0, 0.05) is 19.0 Å². The molecule has 1 unspecified atom stereocenters. The van der Waals surface area contributed by atoms with Gasteiger partial charge in [-0.1, -0.05) is 26.2 Å². The van der Waals surface area contributed by atoms with Crippen LogP contribution in [0.4, 0.5) is 4.79 Å². The first-order valence-corrected chi connectivity index (χ1v) is 6.32. The molecule has 0 saturated carbocycles. The highest BCUT2D eigenvalue weighted by Crippen LogP contribution is 1.98. The fourth-order valence-corrected chi connectivity index (χ4v) is 1.44. The Bertz CT molecular complexity index is 232. The van der Waals surface area contributed by atoms with Crippen molar-refractivity contribution in [3.8, 4) is 0 Å². The van der Waals surface area contributed by atoms with Gasteiger partial charge < -0.3 is 15.7 Å². The summed E-state index contributed by atoms with van der Waals surface area (Å²) in [5.41, 5.74) is 0. The van der Waals surface area contributed by atoms with E-state index in [-0.39, 0.29) is 18.5 Å². The van der Waals surface area contributed by atoms with Crippen LogP contribution in [0.3, 0.4) is 0 Å². The summed E-state index contributed by atoms with van der Waals surface area (Å²) in [4.78, 5) is 21.7. The molecule has 0 aromatic rings. The summed E-state index contributed by atoms with van der Waals surface area (Å²) in [6, 6.07) is -0.318. The third-order valence-electron chi connectivity index (χ3n) is 2.48. The molecule has 0 aliphatic heterocycles. The molecule has 5 heteroatoms. The number of carbonyl (C=O) groups excluding carboxylic acids is 1. The molecule has 0 aromatic carbocycles. The van der Waals surface area contributed by atoms with Gasteiger partial charge >= 0.3 is 12.0 Å². The highest BCUT2D eigenvalue weighted by molar-refractivity contribution is 5.74. The summed E-state index contributed by atoms with van der Waals surface area (Å²) in [5, 5.41) is 14.0. The zero-order chi connectivity index (χ0) is 13.1. The Hall–Kier alpha value is -1.26. The maximum atomic E-state index is 11.4. The number of carboxylic acid groups (broad SMARTS) is 1. The van der Waals surface area contributed by atoms with Crippen LogP contribution in [0, 0.1) is 0 Å². The third-order valence-corrected chi connectivity index (χ3v) is 2.48. The van der Waals surface area contributed by atoms with E-state index in [4.69, 9.17) is 5.11 Å². The lowest BCUT2D eigenvalue weighted by Gasteiger charge is -2.13. The van der Waals surface area contributed by atoms with E-state index in [9.17, 15) is 9.59 Å². The van der Waals surface area contributed by atoms with Crippen LogP contribution in [0.15, 0.2) is 0 Å². The fourth-order valence-electron chi connectivity index (χ4n) is 1.44. The van der Waals surface area contributed by atoms with Crippen molar-refractivity contribution >= 4 is 12.0 Å². The number of rotatable bonds is 9. The molecule has 0 spiro atoms. The van der Waals surface area contributed by atoms with Gasteiger partial charge in [-0.3, -0.25) is 4.79 Å². The van der Waals surface area contributed by atoms with Gasteiger partial charge in [0.05, 0.1) is 0 Å². The third kappa shape index (κ3) is 11.0. The van der Waals surface area contributed by atoms with E-state index in [1.54, 1.807) is 6.92 Å². The lowest BCUT2D eigenvalue weighted by Crippen LogP contribution is -2.41. The van der Waals surface area contributed by atoms with Gasteiger partial charge in [-0.25, -0.2) is 4.79 Å². The zero-order valence-corrected chi connectivity index (χ0v) is 10.8. The molecule has 100 valence electrons. The highest BCUT2D eigenvalue weighted by Gasteiger charge is 2.08. The minimum atomic E-state index is -0.835. The number of hydrogen-bond acceptors (Lipinski definition) is 2. The average molecular weight is 244 g/mol. The minimum Gasteiger partial charge on any atom is -0.481 e. The van der Waals surface area contributed by atoms with Crippen LogP contribution in [-0.4, -0.2) is 29.7 Å². The Morgan fingerprint density at radius 1 is 1.24 bits per heavy atom. The number of amides is 2. The molecule has 0 heterocycles. The molecule has 0 fully saturated rings. The molecular formula is C12H24N2O3. The summed E-state index contributed by atoms with van der Waals surface area (Å²) < 4.78 is 0. The molecule has 0 rings (SSSR count). The lowest BCUT2D eigenvalue weighted by molar-refractivity contribution is -0.137. The second-order valence-corrected chi connectivity index (χ2v) is 4.29. The van der Waals surface area contributed by atoms with Crippen molar-refractivity contribution in [1.29, 1.82) is 0 Å². The van der Waals surface area contributed by atoms with E-state index in [1.165, 1.54) is 12.8 Å². The number of urea groups is 1. The Morgan fingerprint density at radius 2 is 1.94 bits per heavy atom. The zero-order valence-electron chi connectivity index (χ0n) is 10.8.